The van der Waals surface area contributed by atoms with Gasteiger partial charge in [0.1, 0.15) is 5.58 Å². The molecule has 3 heterocycles. The molecular formula is C57H59IrN3OSi-2. The van der Waals surface area contributed by atoms with E-state index in [-0.39, 0.29) is 20.1 Å². The average molecular weight is 1020 g/mol. The number of benzene rings is 6. The normalized spacial score (nSPS) is 11.7. The zero-order valence-electron chi connectivity index (χ0n) is 38.2. The summed E-state index contributed by atoms with van der Waals surface area (Å²) in [5.41, 5.74) is 14.5. The molecule has 9 aromatic rings. The van der Waals surface area contributed by atoms with Crippen molar-refractivity contribution in [1.29, 1.82) is 0 Å². The molecule has 0 bridgehead atoms. The quantitative estimate of drug-likeness (QED) is 0.0958. The molecule has 63 heavy (non-hydrogen) atoms. The topological polar surface area (TPSA) is 43.9 Å². The van der Waals surface area contributed by atoms with Gasteiger partial charge in [0, 0.05) is 37.4 Å². The molecule has 0 aliphatic carbocycles. The molecule has 0 fully saturated rings. The van der Waals surface area contributed by atoms with Crippen LogP contribution in [0.4, 0.5) is 0 Å². The van der Waals surface area contributed by atoms with Gasteiger partial charge >= 0.3 is 0 Å². The molecule has 0 aliphatic rings. The molecular weight excluding hydrogens is 963 g/mol. The predicted molar refractivity (Wildman–Crippen MR) is 265 cm³/mol. The Morgan fingerprint density at radius 3 is 2.02 bits per heavy atom. The second-order valence-corrected chi connectivity index (χ2v) is 23.3. The number of pyridine rings is 1. The summed E-state index contributed by atoms with van der Waals surface area (Å²) in [4.78, 5) is 9.97. The number of fused-ring (bicyclic) bond motifs is 4. The molecule has 0 N–H and O–H groups in total. The summed E-state index contributed by atoms with van der Waals surface area (Å²) in [5, 5.41) is 3.70. The van der Waals surface area contributed by atoms with Crippen LogP contribution in [0, 0.1) is 18.1 Å². The van der Waals surface area contributed by atoms with Crippen LogP contribution in [-0.4, -0.2) is 22.6 Å². The molecule has 323 valence electrons. The predicted octanol–water partition coefficient (Wildman–Crippen LogP) is 15.4. The van der Waals surface area contributed by atoms with Crippen molar-refractivity contribution >= 4 is 46.2 Å². The van der Waals surface area contributed by atoms with Crippen molar-refractivity contribution in [2.24, 2.45) is 5.92 Å². The van der Waals surface area contributed by atoms with E-state index >= 15 is 0 Å². The number of hydrogen-bond donors (Lipinski definition) is 0. The summed E-state index contributed by atoms with van der Waals surface area (Å²) in [6.45, 7) is 21.0. The number of aromatic nitrogens is 3. The van der Waals surface area contributed by atoms with Crippen LogP contribution in [0.5, 0.6) is 0 Å². The zero-order chi connectivity index (χ0) is 43.5. The molecule has 9 rings (SSSR count). The molecule has 0 aliphatic heterocycles. The Bertz CT molecular complexity index is 2930. The fraction of sp³-hybridized carbons (Fsp3) is 0.263. The summed E-state index contributed by atoms with van der Waals surface area (Å²) >= 11 is 0. The third-order valence-electron chi connectivity index (χ3n) is 12.3. The summed E-state index contributed by atoms with van der Waals surface area (Å²) in [6, 6.07) is 53.4. The van der Waals surface area contributed by atoms with E-state index in [1.165, 1.54) is 58.0 Å². The summed E-state index contributed by atoms with van der Waals surface area (Å²) in [5.74, 6) is 2.22. The first-order valence-electron chi connectivity index (χ1n) is 22.5. The van der Waals surface area contributed by atoms with Crippen molar-refractivity contribution in [3.63, 3.8) is 0 Å². The molecule has 0 atom stereocenters. The second-order valence-electron chi connectivity index (χ2n) is 18.3. The van der Waals surface area contributed by atoms with E-state index in [2.05, 4.69) is 187 Å². The van der Waals surface area contributed by atoms with Gasteiger partial charge in [0.15, 0.2) is 0 Å². The maximum absolute atomic E-state index is 6.47. The van der Waals surface area contributed by atoms with Gasteiger partial charge < -0.3 is 14.0 Å². The van der Waals surface area contributed by atoms with Crippen molar-refractivity contribution in [2.45, 2.75) is 92.3 Å². The molecule has 6 aromatic carbocycles. The van der Waals surface area contributed by atoms with Crippen LogP contribution in [0.25, 0.3) is 72.4 Å². The van der Waals surface area contributed by atoms with E-state index in [1.54, 1.807) is 0 Å². The second kappa shape index (κ2) is 19.6. The van der Waals surface area contributed by atoms with Crippen LogP contribution in [0.1, 0.15) is 82.9 Å². The van der Waals surface area contributed by atoms with Crippen LogP contribution in [-0.2, 0) is 26.5 Å². The van der Waals surface area contributed by atoms with E-state index in [9.17, 15) is 0 Å². The first-order chi connectivity index (χ1) is 30.0. The largest absolute Gasteiger partial charge is 0.501 e. The van der Waals surface area contributed by atoms with Crippen LogP contribution in [0.2, 0.25) is 19.6 Å². The molecule has 0 amide bonds. The van der Waals surface area contributed by atoms with Crippen LogP contribution < -0.4 is 5.19 Å². The smallest absolute Gasteiger partial charge is 0.120 e. The Balaban J connectivity index is 0.000000221. The summed E-state index contributed by atoms with van der Waals surface area (Å²) in [7, 11) is -1.37. The van der Waals surface area contributed by atoms with E-state index in [0.29, 0.717) is 11.8 Å². The number of hydrogen-bond acceptors (Lipinski definition) is 3. The van der Waals surface area contributed by atoms with Gasteiger partial charge in [0.25, 0.3) is 0 Å². The van der Waals surface area contributed by atoms with Crippen LogP contribution in [0.15, 0.2) is 144 Å². The van der Waals surface area contributed by atoms with E-state index in [0.717, 1.165) is 61.5 Å². The van der Waals surface area contributed by atoms with Gasteiger partial charge in [-0.1, -0.05) is 157 Å². The van der Waals surface area contributed by atoms with E-state index in [4.69, 9.17) is 14.4 Å². The Hall–Kier alpha value is -5.39. The number of imidazole rings is 1. The molecule has 0 saturated heterocycles. The number of furan rings is 1. The van der Waals surface area contributed by atoms with Crippen LogP contribution in [0.3, 0.4) is 0 Å². The maximum atomic E-state index is 6.47. The van der Waals surface area contributed by atoms with Gasteiger partial charge in [-0.25, -0.2) is 0 Å². The Morgan fingerprint density at radius 2 is 1.35 bits per heavy atom. The molecule has 0 spiro atoms. The van der Waals surface area contributed by atoms with Crippen molar-refractivity contribution in [1.82, 2.24) is 14.5 Å². The maximum Gasteiger partial charge on any atom is 0.120 e. The van der Waals surface area contributed by atoms with Crippen LogP contribution >= 0.6 is 0 Å². The average Bonchev–Trinajstić information content (AvgIpc) is 3.87. The molecule has 3 aromatic heterocycles. The van der Waals surface area contributed by atoms with Crippen molar-refractivity contribution < 1.29 is 24.5 Å². The standard InChI is InChI=1S/C37H31N2O.C20H28NSi.Ir/c1-23(2)30-21-26(25-13-6-5-7-14-25)22-31(24(3)4)35(30)39-33-19-10-9-18-32(33)38-37(39)29-17-12-16-28-27-15-8-11-20-34(27)40-36(28)29;1-6-16(7-2)13-18-14-19(17-11-9-8-10-12-17)21-15-20(18)22(3,4)5;/h5-16,18-24H,1-4H3;8-11,14-16H,6-7,13H2,1-5H3;/q2*-1;. The van der Waals surface area contributed by atoms with Crippen molar-refractivity contribution in [3.05, 3.63) is 168 Å². The zero-order valence-corrected chi connectivity index (χ0v) is 41.6. The Morgan fingerprint density at radius 1 is 0.683 bits per heavy atom. The van der Waals surface area contributed by atoms with Crippen molar-refractivity contribution in [3.8, 4) is 39.5 Å². The third-order valence-corrected chi connectivity index (χ3v) is 14.4. The minimum Gasteiger partial charge on any atom is -0.501 e. The first kappa shape index (κ1) is 45.6. The molecule has 1 radical (unpaired) electrons. The molecule has 4 nitrogen and oxygen atoms in total. The number of nitrogens with zero attached hydrogens (tertiary/aromatic N) is 3. The van der Waals surface area contributed by atoms with Gasteiger partial charge in [-0.05, 0) is 87.6 Å². The van der Waals surface area contributed by atoms with Gasteiger partial charge in [-0.2, -0.15) is 0 Å². The van der Waals surface area contributed by atoms with Gasteiger partial charge in [0.05, 0.1) is 30.5 Å². The molecule has 0 unspecified atom stereocenters. The fourth-order valence-electron chi connectivity index (χ4n) is 8.82. The van der Waals surface area contributed by atoms with E-state index in [1.807, 2.05) is 30.3 Å². The summed E-state index contributed by atoms with van der Waals surface area (Å²) in [6.07, 6.45) is 5.81. The third kappa shape index (κ3) is 9.46. The monoisotopic (exact) mass is 1020 g/mol. The minimum atomic E-state index is -1.37. The minimum absolute atomic E-state index is 0. The molecule has 0 saturated carbocycles. The van der Waals surface area contributed by atoms with E-state index < -0.39 is 8.07 Å². The number of para-hydroxylation sites is 3. The Labute approximate surface area is 389 Å². The summed E-state index contributed by atoms with van der Waals surface area (Å²) < 4.78 is 8.83. The van der Waals surface area contributed by atoms with Gasteiger partial charge in [0.2, 0.25) is 0 Å². The number of rotatable bonds is 11. The SMILES string of the molecule is CC(C)c1cc(-c2ccccc2)cc(C(C)C)c1-n1c(-c2[c-]ccc3c2oc2ccccc23)nc2ccccc21.CCC(CC)Cc1cc(-c2[c-]cccc2)ncc1[Si](C)(C)C.[Ir]. The van der Waals surface area contributed by atoms with Gasteiger partial charge in [-0.15, -0.1) is 54.1 Å². The van der Waals surface area contributed by atoms with Gasteiger partial charge in [-0.3, -0.25) is 4.98 Å². The van der Waals surface area contributed by atoms with Crippen molar-refractivity contribution in [2.75, 3.05) is 0 Å². The molecule has 6 heteroatoms. The Kier molecular flexibility index (Phi) is 14.2. The fourth-order valence-corrected chi connectivity index (χ4v) is 10.4. The first-order valence-corrected chi connectivity index (χ1v) is 26.0.